The summed E-state index contributed by atoms with van der Waals surface area (Å²) in [6.07, 6.45) is 5.54. The summed E-state index contributed by atoms with van der Waals surface area (Å²) < 4.78 is 0. The van der Waals surface area contributed by atoms with Crippen LogP contribution in [0.5, 0.6) is 0 Å². The second-order valence-corrected chi connectivity index (χ2v) is 4.73. The Balaban J connectivity index is 2.31. The SMILES string of the molecule is CC(C)(CNCC#N)C1CCCC1. The normalized spacial score (nSPS) is 18.8. The first-order chi connectivity index (χ1) is 6.17. The minimum Gasteiger partial charge on any atom is -0.304 e. The van der Waals surface area contributed by atoms with Crippen molar-refractivity contribution in [1.82, 2.24) is 5.32 Å². The van der Waals surface area contributed by atoms with E-state index >= 15 is 0 Å². The zero-order valence-corrected chi connectivity index (χ0v) is 8.77. The van der Waals surface area contributed by atoms with Crippen LogP contribution >= 0.6 is 0 Å². The van der Waals surface area contributed by atoms with Crippen molar-refractivity contribution >= 4 is 0 Å². The van der Waals surface area contributed by atoms with Gasteiger partial charge in [0.05, 0.1) is 12.6 Å². The van der Waals surface area contributed by atoms with Gasteiger partial charge in [-0.3, -0.25) is 0 Å². The fourth-order valence-electron chi connectivity index (χ4n) is 2.29. The highest BCUT2D eigenvalue weighted by atomic mass is 14.9. The van der Waals surface area contributed by atoms with Crippen LogP contribution in [0.4, 0.5) is 0 Å². The highest BCUT2D eigenvalue weighted by molar-refractivity contribution is 4.85. The van der Waals surface area contributed by atoms with Gasteiger partial charge in [0.2, 0.25) is 0 Å². The van der Waals surface area contributed by atoms with Gasteiger partial charge in [0.15, 0.2) is 0 Å². The second-order valence-electron chi connectivity index (χ2n) is 4.73. The maximum Gasteiger partial charge on any atom is 0.0841 e. The second kappa shape index (κ2) is 4.62. The molecule has 1 aliphatic carbocycles. The summed E-state index contributed by atoms with van der Waals surface area (Å²) in [5, 5.41) is 11.6. The Morgan fingerprint density at radius 3 is 2.54 bits per heavy atom. The van der Waals surface area contributed by atoms with Gasteiger partial charge in [-0.2, -0.15) is 5.26 Å². The molecule has 0 aromatic rings. The van der Waals surface area contributed by atoms with E-state index in [-0.39, 0.29) is 0 Å². The van der Waals surface area contributed by atoms with Crippen molar-refractivity contribution in [3.8, 4) is 6.07 Å². The van der Waals surface area contributed by atoms with Gasteiger partial charge in [0.1, 0.15) is 0 Å². The van der Waals surface area contributed by atoms with E-state index in [1.807, 2.05) is 0 Å². The third-order valence-electron chi connectivity index (χ3n) is 3.25. The highest BCUT2D eigenvalue weighted by Gasteiger charge is 2.31. The zero-order valence-electron chi connectivity index (χ0n) is 8.77. The van der Waals surface area contributed by atoms with Crippen molar-refractivity contribution in [3.63, 3.8) is 0 Å². The number of nitrogens with one attached hydrogen (secondary N) is 1. The summed E-state index contributed by atoms with van der Waals surface area (Å²) in [5.41, 5.74) is 0.368. The van der Waals surface area contributed by atoms with Crippen molar-refractivity contribution in [1.29, 1.82) is 5.26 Å². The molecule has 1 N–H and O–H groups in total. The lowest BCUT2D eigenvalue weighted by molar-refractivity contribution is 0.211. The summed E-state index contributed by atoms with van der Waals surface area (Å²) in [5.74, 6) is 0.860. The summed E-state index contributed by atoms with van der Waals surface area (Å²) in [7, 11) is 0. The molecular weight excluding hydrogens is 160 g/mol. The van der Waals surface area contributed by atoms with Crippen LogP contribution in [-0.4, -0.2) is 13.1 Å². The molecular formula is C11H20N2. The van der Waals surface area contributed by atoms with E-state index in [4.69, 9.17) is 5.26 Å². The molecule has 1 fully saturated rings. The number of nitrogens with zero attached hydrogens (tertiary/aromatic N) is 1. The molecule has 0 bridgehead atoms. The molecule has 13 heavy (non-hydrogen) atoms. The third-order valence-corrected chi connectivity index (χ3v) is 3.25. The van der Waals surface area contributed by atoms with Crippen molar-refractivity contribution < 1.29 is 0 Å². The standard InChI is InChI=1S/C11H20N2/c1-11(2,9-13-8-7-12)10-5-3-4-6-10/h10,13H,3-6,8-9H2,1-2H3. The molecule has 0 spiro atoms. The molecule has 0 aromatic heterocycles. The third kappa shape index (κ3) is 3.00. The van der Waals surface area contributed by atoms with Gasteiger partial charge in [0.25, 0.3) is 0 Å². The van der Waals surface area contributed by atoms with Crippen LogP contribution in [0.25, 0.3) is 0 Å². The molecule has 0 heterocycles. The molecule has 1 saturated carbocycles. The van der Waals surface area contributed by atoms with Crippen LogP contribution in [0, 0.1) is 22.7 Å². The smallest absolute Gasteiger partial charge is 0.0841 e. The summed E-state index contributed by atoms with van der Waals surface area (Å²) in [4.78, 5) is 0. The lowest BCUT2D eigenvalue weighted by Crippen LogP contribution is -2.34. The molecule has 0 aliphatic heterocycles. The Labute approximate surface area is 81.3 Å². The minimum atomic E-state index is 0.368. The average molecular weight is 180 g/mol. The number of rotatable bonds is 4. The quantitative estimate of drug-likeness (QED) is 0.532. The fraction of sp³-hybridized carbons (Fsp3) is 0.909. The Kier molecular flexibility index (Phi) is 3.74. The molecule has 74 valence electrons. The first kappa shape index (κ1) is 10.5. The van der Waals surface area contributed by atoms with E-state index < -0.39 is 0 Å². The molecule has 0 aromatic carbocycles. The van der Waals surface area contributed by atoms with Gasteiger partial charge in [-0.05, 0) is 24.2 Å². The van der Waals surface area contributed by atoms with E-state index in [1.54, 1.807) is 0 Å². The van der Waals surface area contributed by atoms with Gasteiger partial charge < -0.3 is 5.32 Å². The Bertz CT molecular complexity index is 185. The van der Waals surface area contributed by atoms with E-state index in [2.05, 4.69) is 25.2 Å². The van der Waals surface area contributed by atoms with Crippen LogP contribution in [0.15, 0.2) is 0 Å². The number of hydrogen-bond acceptors (Lipinski definition) is 2. The molecule has 0 atom stereocenters. The Hall–Kier alpha value is -0.550. The van der Waals surface area contributed by atoms with Crippen molar-refractivity contribution in [3.05, 3.63) is 0 Å². The van der Waals surface area contributed by atoms with Gasteiger partial charge in [-0.1, -0.05) is 26.7 Å². The van der Waals surface area contributed by atoms with Gasteiger partial charge in [0, 0.05) is 6.54 Å². The first-order valence-electron chi connectivity index (χ1n) is 5.24. The van der Waals surface area contributed by atoms with Crippen molar-refractivity contribution in [2.75, 3.05) is 13.1 Å². The molecule has 2 nitrogen and oxygen atoms in total. The summed E-state index contributed by atoms with van der Waals surface area (Å²) in [6.45, 7) is 6.09. The van der Waals surface area contributed by atoms with Crippen LogP contribution in [-0.2, 0) is 0 Å². The average Bonchev–Trinajstić information content (AvgIpc) is 2.56. The lowest BCUT2D eigenvalue weighted by atomic mass is 9.78. The van der Waals surface area contributed by atoms with Crippen LogP contribution < -0.4 is 5.32 Å². The minimum absolute atomic E-state index is 0.368. The van der Waals surface area contributed by atoms with E-state index in [1.165, 1.54) is 25.7 Å². The predicted octanol–water partition coefficient (Wildman–Crippen LogP) is 2.32. The molecule has 1 aliphatic rings. The molecule has 2 heteroatoms. The molecule has 0 amide bonds. The van der Waals surface area contributed by atoms with E-state index in [0.717, 1.165) is 12.5 Å². The predicted molar refractivity (Wildman–Crippen MR) is 54.2 cm³/mol. The van der Waals surface area contributed by atoms with Gasteiger partial charge in [-0.25, -0.2) is 0 Å². The Morgan fingerprint density at radius 1 is 1.38 bits per heavy atom. The maximum atomic E-state index is 8.42. The van der Waals surface area contributed by atoms with E-state index in [0.29, 0.717) is 12.0 Å². The Morgan fingerprint density at radius 2 is 2.00 bits per heavy atom. The van der Waals surface area contributed by atoms with Crippen LogP contribution in [0.3, 0.4) is 0 Å². The number of nitriles is 1. The molecule has 0 saturated heterocycles. The van der Waals surface area contributed by atoms with Crippen LogP contribution in [0.2, 0.25) is 0 Å². The van der Waals surface area contributed by atoms with E-state index in [9.17, 15) is 0 Å². The van der Waals surface area contributed by atoms with Crippen LogP contribution in [0.1, 0.15) is 39.5 Å². The summed E-state index contributed by atoms with van der Waals surface area (Å²) >= 11 is 0. The highest BCUT2D eigenvalue weighted by Crippen LogP contribution is 2.38. The first-order valence-corrected chi connectivity index (χ1v) is 5.24. The molecule has 0 radical (unpaired) electrons. The topological polar surface area (TPSA) is 35.8 Å². The zero-order chi connectivity index (χ0) is 9.73. The fourth-order valence-corrected chi connectivity index (χ4v) is 2.29. The van der Waals surface area contributed by atoms with Gasteiger partial charge >= 0.3 is 0 Å². The maximum absolute atomic E-state index is 8.42. The molecule has 0 unspecified atom stereocenters. The largest absolute Gasteiger partial charge is 0.304 e. The van der Waals surface area contributed by atoms with Crippen molar-refractivity contribution in [2.24, 2.45) is 11.3 Å². The van der Waals surface area contributed by atoms with Crippen molar-refractivity contribution in [2.45, 2.75) is 39.5 Å². The molecule has 1 rings (SSSR count). The summed E-state index contributed by atoms with van der Waals surface area (Å²) in [6, 6.07) is 2.12. The lowest BCUT2D eigenvalue weighted by Gasteiger charge is -2.31. The monoisotopic (exact) mass is 180 g/mol. The van der Waals surface area contributed by atoms with Gasteiger partial charge in [-0.15, -0.1) is 0 Å². The number of hydrogen-bond donors (Lipinski definition) is 1.